The van der Waals surface area contributed by atoms with Crippen LogP contribution in [0.1, 0.15) is 37.9 Å². The fourth-order valence-corrected chi connectivity index (χ4v) is 3.84. The van der Waals surface area contributed by atoms with Crippen molar-refractivity contribution in [3.63, 3.8) is 0 Å². The molecule has 1 saturated carbocycles. The van der Waals surface area contributed by atoms with Crippen molar-refractivity contribution in [2.45, 2.75) is 49.6 Å². The van der Waals surface area contributed by atoms with Crippen molar-refractivity contribution in [2.75, 3.05) is 0 Å². The maximum Gasteiger partial charge on any atom is 0.258 e. The predicted octanol–water partition coefficient (Wildman–Crippen LogP) is 0.635. The molecular formula is C11H19N5O2S. The Morgan fingerprint density at radius 1 is 1.47 bits per heavy atom. The van der Waals surface area contributed by atoms with Crippen LogP contribution in [0, 0.1) is 12.3 Å². The molecule has 0 saturated heterocycles. The number of aromatic nitrogens is 2. The van der Waals surface area contributed by atoms with Gasteiger partial charge in [-0.2, -0.15) is 4.72 Å². The van der Waals surface area contributed by atoms with Gasteiger partial charge in [0.25, 0.3) is 10.0 Å². The summed E-state index contributed by atoms with van der Waals surface area (Å²) in [7, 11) is -3.73. The fraction of sp³-hybridized carbons (Fsp3) is 0.636. The van der Waals surface area contributed by atoms with Gasteiger partial charge in [0.2, 0.25) is 0 Å². The van der Waals surface area contributed by atoms with Crippen LogP contribution in [0.15, 0.2) is 11.2 Å². The molecule has 1 fully saturated rings. The fourth-order valence-electron chi connectivity index (χ4n) is 2.43. The summed E-state index contributed by atoms with van der Waals surface area (Å²) in [5.74, 6) is 0.410. The molecule has 0 aliphatic heterocycles. The molecule has 1 heterocycles. The second-order valence-electron chi connectivity index (χ2n) is 4.99. The largest absolute Gasteiger partial charge is 0.386 e. The maximum absolute atomic E-state index is 12.3. The van der Waals surface area contributed by atoms with Crippen LogP contribution in [0.4, 0.5) is 0 Å². The van der Waals surface area contributed by atoms with E-state index in [-0.39, 0.29) is 10.9 Å². The van der Waals surface area contributed by atoms with E-state index < -0.39 is 15.6 Å². The first-order chi connectivity index (χ1) is 8.86. The van der Waals surface area contributed by atoms with Gasteiger partial charge in [-0.25, -0.2) is 13.4 Å². The number of nitrogens with zero attached hydrogens (tertiary/aromatic N) is 1. The second kappa shape index (κ2) is 4.93. The standard InChI is InChI=1S/C11H19N5O2S/c1-8-14-7-9(15-8)19(17,18)16-11(10(12)13)5-3-2-4-6-11/h7,16H,2-6H2,1H3,(H3,12,13)(H,14,15). The van der Waals surface area contributed by atoms with E-state index in [1.165, 1.54) is 6.20 Å². The van der Waals surface area contributed by atoms with Crippen molar-refractivity contribution in [2.24, 2.45) is 5.73 Å². The Balaban J connectivity index is 2.29. The van der Waals surface area contributed by atoms with Gasteiger partial charge in [0.15, 0.2) is 5.03 Å². The van der Waals surface area contributed by atoms with Gasteiger partial charge in [-0.15, -0.1) is 0 Å². The second-order valence-corrected chi connectivity index (χ2v) is 6.65. The molecular weight excluding hydrogens is 266 g/mol. The first-order valence-corrected chi connectivity index (χ1v) is 7.74. The van der Waals surface area contributed by atoms with Gasteiger partial charge >= 0.3 is 0 Å². The van der Waals surface area contributed by atoms with Crippen LogP contribution in [0.2, 0.25) is 0 Å². The quantitative estimate of drug-likeness (QED) is 0.478. The molecule has 1 aliphatic carbocycles. The monoisotopic (exact) mass is 285 g/mol. The van der Waals surface area contributed by atoms with Crippen LogP contribution in [-0.2, 0) is 10.0 Å². The number of aromatic amines is 1. The lowest BCUT2D eigenvalue weighted by molar-refractivity contribution is 0.348. The number of amidine groups is 1. The Hall–Kier alpha value is -1.41. The van der Waals surface area contributed by atoms with E-state index in [4.69, 9.17) is 11.1 Å². The summed E-state index contributed by atoms with van der Waals surface area (Å²) in [6.45, 7) is 1.68. The van der Waals surface area contributed by atoms with Crippen molar-refractivity contribution in [1.82, 2.24) is 14.7 Å². The summed E-state index contributed by atoms with van der Waals surface area (Å²) in [5.41, 5.74) is 4.67. The molecule has 1 aromatic heterocycles. The van der Waals surface area contributed by atoms with Gasteiger partial charge in [0.1, 0.15) is 11.7 Å². The molecule has 8 heteroatoms. The molecule has 1 aromatic rings. The van der Waals surface area contributed by atoms with Gasteiger partial charge in [-0.05, 0) is 19.8 Å². The maximum atomic E-state index is 12.3. The highest BCUT2D eigenvalue weighted by Gasteiger charge is 2.39. The molecule has 2 rings (SSSR count). The van der Waals surface area contributed by atoms with Crippen molar-refractivity contribution >= 4 is 15.9 Å². The van der Waals surface area contributed by atoms with Crippen LogP contribution in [0.5, 0.6) is 0 Å². The molecule has 5 N–H and O–H groups in total. The molecule has 0 unspecified atom stereocenters. The molecule has 0 radical (unpaired) electrons. The average Bonchev–Trinajstić information content (AvgIpc) is 2.77. The first kappa shape index (κ1) is 14.0. The number of H-pyrrole nitrogens is 1. The van der Waals surface area contributed by atoms with Gasteiger partial charge in [0, 0.05) is 0 Å². The number of imidazole rings is 1. The first-order valence-electron chi connectivity index (χ1n) is 6.26. The smallest absolute Gasteiger partial charge is 0.258 e. The Kier molecular flexibility index (Phi) is 3.64. The molecule has 0 atom stereocenters. The van der Waals surface area contributed by atoms with E-state index in [1.54, 1.807) is 6.92 Å². The highest BCUT2D eigenvalue weighted by atomic mass is 32.2. The number of nitrogens with one attached hydrogen (secondary N) is 3. The SMILES string of the molecule is Cc1ncc(S(=O)(=O)NC2(C(=N)N)CCCCC2)[nH]1. The molecule has 1 aliphatic rings. The Morgan fingerprint density at radius 3 is 2.58 bits per heavy atom. The lowest BCUT2D eigenvalue weighted by atomic mass is 9.82. The lowest BCUT2D eigenvalue weighted by Crippen LogP contribution is -2.58. The van der Waals surface area contributed by atoms with Crippen LogP contribution in [0.3, 0.4) is 0 Å². The number of nitrogens with two attached hydrogens (primary N) is 1. The lowest BCUT2D eigenvalue weighted by Gasteiger charge is -2.36. The summed E-state index contributed by atoms with van der Waals surface area (Å²) < 4.78 is 27.2. The van der Waals surface area contributed by atoms with Crippen molar-refractivity contribution in [3.05, 3.63) is 12.0 Å². The molecule has 19 heavy (non-hydrogen) atoms. The van der Waals surface area contributed by atoms with E-state index in [0.717, 1.165) is 19.3 Å². The third-order valence-corrected chi connectivity index (χ3v) is 4.97. The topological polar surface area (TPSA) is 125 Å². The third kappa shape index (κ3) is 2.79. The van der Waals surface area contributed by atoms with Crippen molar-refractivity contribution in [1.29, 1.82) is 5.41 Å². The number of hydrogen-bond donors (Lipinski definition) is 4. The van der Waals surface area contributed by atoms with Gasteiger partial charge in [0.05, 0.1) is 11.7 Å². The Labute approximate surface area is 112 Å². The summed E-state index contributed by atoms with van der Waals surface area (Å²) >= 11 is 0. The normalized spacial score (nSPS) is 19.2. The minimum absolute atomic E-state index is 0.0104. The van der Waals surface area contributed by atoms with Crippen LogP contribution in [-0.4, -0.2) is 29.8 Å². The zero-order valence-corrected chi connectivity index (χ0v) is 11.7. The molecule has 0 amide bonds. The van der Waals surface area contributed by atoms with Gasteiger partial charge in [-0.3, -0.25) is 5.41 Å². The molecule has 0 spiro atoms. The summed E-state index contributed by atoms with van der Waals surface area (Å²) in [4.78, 5) is 6.57. The van der Waals surface area contributed by atoms with Crippen LogP contribution in [0.25, 0.3) is 0 Å². The Morgan fingerprint density at radius 2 is 2.11 bits per heavy atom. The Bertz CT molecular complexity index is 572. The van der Waals surface area contributed by atoms with Gasteiger partial charge < -0.3 is 10.7 Å². The minimum Gasteiger partial charge on any atom is -0.386 e. The average molecular weight is 285 g/mol. The third-order valence-electron chi connectivity index (χ3n) is 3.52. The van der Waals surface area contributed by atoms with Crippen LogP contribution >= 0.6 is 0 Å². The van der Waals surface area contributed by atoms with Gasteiger partial charge in [-0.1, -0.05) is 19.3 Å². The molecule has 106 valence electrons. The van der Waals surface area contributed by atoms with Crippen LogP contribution < -0.4 is 10.5 Å². The molecule has 7 nitrogen and oxygen atoms in total. The van der Waals surface area contributed by atoms with Crippen molar-refractivity contribution in [3.8, 4) is 0 Å². The highest BCUT2D eigenvalue weighted by Crippen LogP contribution is 2.29. The highest BCUT2D eigenvalue weighted by molar-refractivity contribution is 7.89. The zero-order valence-electron chi connectivity index (χ0n) is 10.9. The van der Waals surface area contributed by atoms with E-state index in [1.807, 2.05) is 0 Å². The zero-order chi connectivity index (χ0) is 14.1. The number of rotatable bonds is 4. The summed E-state index contributed by atoms with van der Waals surface area (Å²) in [6, 6.07) is 0. The number of sulfonamides is 1. The molecule has 0 aromatic carbocycles. The summed E-state index contributed by atoms with van der Waals surface area (Å²) in [6.07, 6.45) is 5.17. The molecule has 0 bridgehead atoms. The summed E-state index contributed by atoms with van der Waals surface area (Å²) in [5, 5.41) is 7.72. The minimum atomic E-state index is -3.73. The van der Waals surface area contributed by atoms with E-state index in [2.05, 4.69) is 14.7 Å². The van der Waals surface area contributed by atoms with E-state index in [0.29, 0.717) is 18.7 Å². The van der Waals surface area contributed by atoms with E-state index in [9.17, 15) is 8.42 Å². The van der Waals surface area contributed by atoms with Crippen molar-refractivity contribution < 1.29 is 8.42 Å². The number of aryl methyl sites for hydroxylation is 1. The number of hydrogen-bond acceptors (Lipinski definition) is 4. The predicted molar refractivity (Wildman–Crippen MR) is 71.4 cm³/mol. The van der Waals surface area contributed by atoms with E-state index >= 15 is 0 Å².